The van der Waals surface area contributed by atoms with Crippen LogP contribution in [-0.2, 0) is 14.6 Å². The molecule has 0 spiro atoms. The molecule has 0 rings (SSSR count). The number of nitrogens with two attached hydrogens (primary N) is 2. The lowest BCUT2D eigenvalue weighted by Crippen LogP contribution is -2.49. The Morgan fingerprint density at radius 3 is 2.29 bits per heavy atom. The van der Waals surface area contributed by atoms with E-state index in [1.807, 2.05) is 11.9 Å². The Bertz CT molecular complexity index is 352. The van der Waals surface area contributed by atoms with Gasteiger partial charge in [-0.25, -0.2) is 8.42 Å². The first-order valence-corrected chi connectivity index (χ1v) is 7.56. The average Bonchev–Trinajstić information content (AvgIpc) is 2.13. The van der Waals surface area contributed by atoms with Gasteiger partial charge in [0.2, 0.25) is 5.91 Å². The van der Waals surface area contributed by atoms with Crippen LogP contribution in [-0.4, -0.2) is 56.9 Å². The van der Waals surface area contributed by atoms with Gasteiger partial charge in [0, 0.05) is 12.8 Å². The molecule has 0 saturated heterocycles. The summed E-state index contributed by atoms with van der Waals surface area (Å²) in [6, 6.07) is 0. The van der Waals surface area contributed by atoms with E-state index in [1.54, 1.807) is 6.92 Å². The number of nitrogens with zero attached hydrogens (tertiary/aromatic N) is 1. The highest BCUT2D eigenvalue weighted by atomic mass is 32.2. The summed E-state index contributed by atoms with van der Waals surface area (Å²) < 4.78 is 21.9. The van der Waals surface area contributed by atoms with Gasteiger partial charge in [-0.15, -0.1) is 0 Å². The van der Waals surface area contributed by atoms with Crippen LogP contribution >= 0.6 is 0 Å². The molecule has 7 heteroatoms. The van der Waals surface area contributed by atoms with Gasteiger partial charge in [0.15, 0.2) is 0 Å². The van der Waals surface area contributed by atoms with Gasteiger partial charge in [0.05, 0.1) is 11.3 Å². The zero-order valence-electron chi connectivity index (χ0n) is 10.8. The van der Waals surface area contributed by atoms with Gasteiger partial charge in [0.25, 0.3) is 0 Å². The topological polar surface area (TPSA) is 106 Å². The molecule has 0 aromatic carbocycles. The van der Waals surface area contributed by atoms with Crippen LogP contribution in [0.25, 0.3) is 0 Å². The van der Waals surface area contributed by atoms with Gasteiger partial charge in [0.1, 0.15) is 9.84 Å². The second kappa shape index (κ2) is 6.32. The molecule has 0 aliphatic carbocycles. The molecule has 6 nitrogen and oxygen atoms in total. The van der Waals surface area contributed by atoms with E-state index in [0.29, 0.717) is 25.9 Å². The van der Waals surface area contributed by atoms with Crippen LogP contribution in [0.15, 0.2) is 0 Å². The molecule has 1 atom stereocenters. The smallest absolute Gasteiger partial charge is 0.237 e. The first-order valence-electron chi connectivity index (χ1n) is 5.49. The number of carbonyl (C=O) groups is 1. The quantitative estimate of drug-likeness (QED) is 0.582. The van der Waals surface area contributed by atoms with E-state index in [2.05, 4.69) is 0 Å². The third kappa shape index (κ3) is 8.12. The zero-order valence-corrected chi connectivity index (χ0v) is 11.6. The maximum atomic E-state index is 11.0. The molecular weight excluding hydrogens is 242 g/mol. The average molecular weight is 265 g/mol. The molecule has 1 unspecified atom stereocenters. The molecule has 0 saturated carbocycles. The number of hydrogen-bond donors (Lipinski definition) is 2. The van der Waals surface area contributed by atoms with Crippen LogP contribution < -0.4 is 11.5 Å². The molecule has 0 aromatic rings. The van der Waals surface area contributed by atoms with E-state index < -0.39 is 21.3 Å². The summed E-state index contributed by atoms with van der Waals surface area (Å²) in [6.07, 6.45) is 2.41. The van der Waals surface area contributed by atoms with Gasteiger partial charge in [-0.3, -0.25) is 4.79 Å². The second-order valence-corrected chi connectivity index (χ2v) is 7.08. The molecule has 102 valence electrons. The number of hydrogen-bond acceptors (Lipinski definition) is 5. The van der Waals surface area contributed by atoms with Crippen molar-refractivity contribution in [1.29, 1.82) is 0 Å². The SMILES string of the molecule is CN(CCCC(C)(N)C(N)=O)CCS(C)(=O)=O. The molecular formula is C10H23N3O3S. The van der Waals surface area contributed by atoms with Gasteiger partial charge in [-0.05, 0) is 33.4 Å². The predicted octanol–water partition coefficient (Wildman–Crippen LogP) is -1.05. The van der Waals surface area contributed by atoms with Crippen molar-refractivity contribution in [3.8, 4) is 0 Å². The third-order valence-electron chi connectivity index (χ3n) is 2.64. The van der Waals surface area contributed by atoms with Crippen molar-refractivity contribution in [3.05, 3.63) is 0 Å². The Kier molecular flexibility index (Phi) is 6.08. The summed E-state index contributed by atoms with van der Waals surface area (Å²) in [6.45, 7) is 2.78. The molecule has 4 N–H and O–H groups in total. The van der Waals surface area contributed by atoms with Crippen molar-refractivity contribution in [2.75, 3.05) is 32.1 Å². The van der Waals surface area contributed by atoms with Gasteiger partial charge >= 0.3 is 0 Å². The predicted molar refractivity (Wildman–Crippen MR) is 68.2 cm³/mol. The molecule has 0 bridgehead atoms. The molecule has 0 fully saturated rings. The summed E-state index contributed by atoms with van der Waals surface area (Å²) in [7, 11) is -1.09. The minimum Gasteiger partial charge on any atom is -0.368 e. The maximum Gasteiger partial charge on any atom is 0.237 e. The molecule has 0 aliphatic heterocycles. The lowest BCUT2D eigenvalue weighted by atomic mass is 9.96. The molecule has 0 heterocycles. The number of carbonyl (C=O) groups excluding carboxylic acids is 1. The Morgan fingerprint density at radius 1 is 1.35 bits per heavy atom. The molecule has 1 amide bonds. The summed E-state index contributed by atoms with van der Waals surface area (Å²) in [5, 5.41) is 0. The van der Waals surface area contributed by atoms with E-state index in [-0.39, 0.29) is 5.75 Å². The van der Waals surface area contributed by atoms with Crippen molar-refractivity contribution < 1.29 is 13.2 Å². The van der Waals surface area contributed by atoms with Crippen molar-refractivity contribution in [2.45, 2.75) is 25.3 Å². The zero-order chi connectivity index (χ0) is 13.7. The van der Waals surface area contributed by atoms with E-state index >= 15 is 0 Å². The molecule has 17 heavy (non-hydrogen) atoms. The van der Waals surface area contributed by atoms with Crippen LogP contribution in [0.4, 0.5) is 0 Å². The Labute approximate surface area is 103 Å². The highest BCUT2D eigenvalue weighted by Crippen LogP contribution is 2.08. The highest BCUT2D eigenvalue weighted by molar-refractivity contribution is 7.90. The fraction of sp³-hybridized carbons (Fsp3) is 0.900. The van der Waals surface area contributed by atoms with Gasteiger partial charge in [-0.2, -0.15) is 0 Å². The minimum absolute atomic E-state index is 0.138. The summed E-state index contributed by atoms with van der Waals surface area (Å²) in [5.74, 6) is -0.379. The van der Waals surface area contributed by atoms with E-state index in [0.717, 1.165) is 0 Å². The first-order chi connectivity index (χ1) is 7.54. The monoisotopic (exact) mass is 265 g/mol. The van der Waals surface area contributed by atoms with Crippen LogP contribution in [0.2, 0.25) is 0 Å². The molecule has 0 aliphatic rings. The minimum atomic E-state index is -2.93. The largest absolute Gasteiger partial charge is 0.368 e. The standard InChI is InChI=1S/C10H23N3O3S/c1-10(12,9(11)14)5-4-6-13(2)7-8-17(3,15)16/h4-8,12H2,1-3H3,(H2,11,14). The lowest BCUT2D eigenvalue weighted by molar-refractivity contribution is -0.122. The summed E-state index contributed by atoms with van der Waals surface area (Å²) >= 11 is 0. The van der Waals surface area contributed by atoms with Crippen molar-refractivity contribution >= 4 is 15.7 Å². The summed E-state index contributed by atoms with van der Waals surface area (Å²) in [4.78, 5) is 12.9. The van der Waals surface area contributed by atoms with Crippen molar-refractivity contribution in [3.63, 3.8) is 0 Å². The van der Waals surface area contributed by atoms with Crippen LogP contribution in [0.1, 0.15) is 19.8 Å². The van der Waals surface area contributed by atoms with Crippen LogP contribution in [0, 0.1) is 0 Å². The Morgan fingerprint density at radius 2 is 1.88 bits per heavy atom. The Hall–Kier alpha value is -0.660. The first kappa shape index (κ1) is 16.3. The lowest BCUT2D eigenvalue weighted by Gasteiger charge is -2.22. The van der Waals surface area contributed by atoms with E-state index in [9.17, 15) is 13.2 Å². The maximum absolute atomic E-state index is 11.0. The summed E-state index contributed by atoms with van der Waals surface area (Å²) in [5.41, 5.74) is 9.86. The molecule has 0 radical (unpaired) electrons. The molecule has 0 aromatic heterocycles. The van der Waals surface area contributed by atoms with Gasteiger partial charge < -0.3 is 16.4 Å². The van der Waals surface area contributed by atoms with Gasteiger partial charge in [-0.1, -0.05) is 0 Å². The van der Waals surface area contributed by atoms with Crippen LogP contribution in [0.3, 0.4) is 0 Å². The number of amides is 1. The van der Waals surface area contributed by atoms with Crippen molar-refractivity contribution in [2.24, 2.45) is 11.5 Å². The fourth-order valence-corrected chi connectivity index (χ4v) is 1.92. The van der Waals surface area contributed by atoms with E-state index in [1.165, 1.54) is 6.26 Å². The number of sulfone groups is 1. The third-order valence-corrected chi connectivity index (χ3v) is 3.57. The number of rotatable bonds is 8. The van der Waals surface area contributed by atoms with Crippen molar-refractivity contribution in [1.82, 2.24) is 4.90 Å². The fourth-order valence-electron chi connectivity index (χ4n) is 1.27. The number of primary amides is 1. The van der Waals surface area contributed by atoms with E-state index in [4.69, 9.17) is 11.5 Å². The normalized spacial score (nSPS) is 15.8. The highest BCUT2D eigenvalue weighted by Gasteiger charge is 2.24. The Balaban J connectivity index is 3.87. The second-order valence-electron chi connectivity index (χ2n) is 4.82. The van der Waals surface area contributed by atoms with Crippen LogP contribution in [0.5, 0.6) is 0 Å².